The first-order chi connectivity index (χ1) is 10.1. The van der Waals surface area contributed by atoms with Gasteiger partial charge in [0.1, 0.15) is 11.6 Å². The van der Waals surface area contributed by atoms with E-state index in [0.717, 1.165) is 13.0 Å². The summed E-state index contributed by atoms with van der Waals surface area (Å²) in [5, 5.41) is 3.33. The molecule has 0 aliphatic carbocycles. The molecule has 0 radical (unpaired) electrons. The zero-order valence-corrected chi connectivity index (χ0v) is 12.6. The van der Waals surface area contributed by atoms with Gasteiger partial charge >= 0.3 is 0 Å². The van der Waals surface area contributed by atoms with Crippen LogP contribution in [0, 0.1) is 11.6 Å². The molecule has 4 heteroatoms. The fourth-order valence-corrected chi connectivity index (χ4v) is 2.45. The average Bonchev–Trinajstić information content (AvgIpc) is 2.89. The normalized spacial score (nSPS) is 12.6. The second-order valence-electron chi connectivity index (χ2n) is 5.38. The summed E-state index contributed by atoms with van der Waals surface area (Å²) in [7, 11) is 0. The van der Waals surface area contributed by atoms with Crippen LogP contribution < -0.4 is 5.32 Å². The summed E-state index contributed by atoms with van der Waals surface area (Å²) < 4.78 is 29.4. The zero-order chi connectivity index (χ0) is 15.2. The molecule has 0 bridgehead atoms. The lowest BCUT2D eigenvalue weighted by Crippen LogP contribution is -2.29. The van der Waals surface area contributed by atoms with E-state index in [1.807, 2.05) is 13.0 Å². The lowest BCUT2D eigenvalue weighted by molar-refractivity contribution is 0.489. The predicted octanol–water partition coefficient (Wildman–Crippen LogP) is 3.90. The number of hydrogen-bond acceptors (Lipinski definition) is 1. The van der Waals surface area contributed by atoms with Gasteiger partial charge in [-0.15, -0.1) is 0 Å². The van der Waals surface area contributed by atoms with Gasteiger partial charge in [0.05, 0.1) is 0 Å². The molecule has 1 aromatic carbocycles. The van der Waals surface area contributed by atoms with E-state index in [9.17, 15) is 8.78 Å². The minimum atomic E-state index is -0.474. The standard InChI is InChI=1S/C17H22F2N2/c1-3-9-21-10-5-6-14(21)12-20-13(2)11-15-16(18)7-4-8-17(15)19/h4-8,10,13,20H,3,9,11-12H2,1-2H3. The van der Waals surface area contributed by atoms with Crippen molar-refractivity contribution < 1.29 is 8.78 Å². The monoisotopic (exact) mass is 292 g/mol. The van der Waals surface area contributed by atoms with Crippen molar-refractivity contribution in [2.75, 3.05) is 0 Å². The molecule has 21 heavy (non-hydrogen) atoms. The lowest BCUT2D eigenvalue weighted by Gasteiger charge is -2.16. The number of nitrogens with zero attached hydrogens (tertiary/aromatic N) is 1. The Labute approximate surface area is 124 Å². The highest BCUT2D eigenvalue weighted by Crippen LogP contribution is 2.14. The third kappa shape index (κ3) is 4.14. The molecular weight excluding hydrogens is 270 g/mol. The number of nitrogens with one attached hydrogen (secondary N) is 1. The highest BCUT2D eigenvalue weighted by atomic mass is 19.1. The molecule has 2 nitrogen and oxygen atoms in total. The minimum absolute atomic E-state index is 0.00127. The van der Waals surface area contributed by atoms with E-state index < -0.39 is 11.6 Å². The Balaban J connectivity index is 1.93. The summed E-state index contributed by atoms with van der Waals surface area (Å²) in [5.41, 5.74) is 1.35. The zero-order valence-electron chi connectivity index (χ0n) is 12.6. The van der Waals surface area contributed by atoms with Crippen molar-refractivity contribution in [2.24, 2.45) is 0 Å². The van der Waals surface area contributed by atoms with Gasteiger partial charge < -0.3 is 9.88 Å². The maximum absolute atomic E-state index is 13.6. The number of rotatable bonds is 7. The van der Waals surface area contributed by atoms with Crippen LogP contribution in [-0.4, -0.2) is 10.6 Å². The first-order valence-corrected chi connectivity index (χ1v) is 7.42. The van der Waals surface area contributed by atoms with Gasteiger partial charge in [-0.3, -0.25) is 0 Å². The Bertz CT molecular complexity index is 558. The quantitative estimate of drug-likeness (QED) is 0.819. The summed E-state index contributed by atoms with van der Waals surface area (Å²) in [6, 6.07) is 8.09. The van der Waals surface area contributed by atoms with Crippen LogP contribution in [0.5, 0.6) is 0 Å². The molecule has 0 spiro atoms. The molecule has 0 aliphatic rings. The second kappa shape index (κ2) is 7.36. The van der Waals surface area contributed by atoms with Crippen molar-refractivity contribution in [1.82, 2.24) is 9.88 Å². The fraction of sp³-hybridized carbons (Fsp3) is 0.412. The van der Waals surface area contributed by atoms with Crippen molar-refractivity contribution in [2.45, 2.75) is 45.8 Å². The molecule has 0 saturated carbocycles. The van der Waals surface area contributed by atoms with Gasteiger partial charge in [0.15, 0.2) is 0 Å². The maximum Gasteiger partial charge on any atom is 0.129 e. The number of aryl methyl sites for hydroxylation is 1. The van der Waals surface area contributed by atoms with E-state index in [1.165, 1.54) is 23.9 Å². The van der Waals surface area contributed by atoms with Gasteiger partial charge in [-0.05, 0) is 44.0 Å². The third-order valence-corrected chi connectivity index (χ3v) is 3.59. The van der Waals surface area contributed by atoms with E-state index in [0.29, 0.717) is 13.0 Å². The van der Waals surface area contributed by atoms with E-state index in [2.05, 4.69) is 29.1 Å². The number of halogens is 2. The SMILES string of the molecule is CCCn1cccc1CNC(C)Cc1c(F)cccc1F. The van der Waals surface area contributed by atoms with Crippen LogP contribution in [0.25, 0.3) is 0 Å². The highest BCUT2D eigenvalue weighted by molar-refractivity contribution is 5.20. The molecule has 1 aromatic heterocycles. The Hall–Kier alpha value is -1.68. The van der Waals surface area contributed by atoms with E-state index in [4.69, 9.17) is 0 Å². The molecule has 1 heterocycles. The molecule has 2 rings (SSSR count). The first-order valence-electron chi connectivity index (χ1n) is 7.42. The summed E-state index contributed by atoms with van der Waals surface area (Å²) >= 11 is 0. The number of hydrogen-bond donors (Lipinski definition) is 1. The van der Waals surface area contributed by atoms with Gasteiger partial charge in [-0.2, -0.15) is 0 Å². The molecule has 0 amide bonds. The summed E-state index contributed by atoms with van der Waals surface area (Å²) in [4.78, 5) is 0. The molecule has 1 N–H and O–H groups in total. The summed E-state index contributed by atoms with van der Waals surface area (Å²) in [6.45, 7) is 5.77. The largest absolute Gasteiger partial charge is 0.350 e. The van der Waals surface area contributed by atoms with Gasteiger partial charge in [0.2, 0.25) is 0 Å². The van der Waals surface area contributed by atoms with Gasteiger partial charge in [0.25, 0.3) is 0 Å². The van der Waals surface area contributed by atoms with Crippen LogP contribution in [0.4, 0.5) is 8.78 Å². The molecule has 1 unspecified atom stereocenters. The second-order valence-corrected chi connectivity index (χ2v) is 5.38. The molecule has 0 fully saturated rings. The average molecular weight is 292 g/mol. The molecule has 1 atom stereocenters. The highest BCUT2D eigenvalue weighted by Gasteiger charge is 2.12. The van der Waals surface area contributed by atoms with Gasteiger partial charge in [-0.25, -0.2) is 8.78 Å². The smallest absolute Gasteiger partial charge is 0.129 e. The van der Waals surface area contributed by atoms with Crippen LogP contribution in [-0.2, 0) is 19.5 Å². The molecule has 0 saturated heterocycles. The molecule has 2 aromatic rings. The van der Waals surface area contributed by atoms with Crippen LogP contribution in [0.15, 0.2) is 36.5 Å². The Kier molecular flexibility index (Phi) is 5.51. The van der Waals surface area contributed by atoms with Crippen molar-refractivity contribution in [1.29, 1.82) is 0 Å². The van der Waals surface area contributed by atoms with Crippen molar-refractivity contribution >= 4 is 0 Å². The number of benzene rings is 1. The summed E-state index contributed by atoms with van der Waals surface area (Å²) in [5.74, 6) is -0.948. The van der Waals surface area contributed by atoms with E-state index >= 15 is 0 Å². The van der Waals surface area contributed by atoms with Crippen molar-refractivity contribution in [3.05, 3.63) is 59.4 Å². The van der Waals surface area contributed by atoms with Crippen LogP contribution in [0.2, 0.25) is 0 Å². The van der Waals surface area contributed by atoms with E-state index in [1.54, 1.807) is 0 Å². The molecular formula is C17H22F2N2. The van der Waals surface area contributed by atoms with Gasteiger partial charge in [0, 0.05) is 36.6 Å². The molecule has 114 valence electrons. The van der Waals surface area contributed by atoms with Crippen molar-refractivity contribution in [3.63, 3.8) is 0 Å². The van der Waals surface area contributed by atoms with E-state index in [-0.39, 0.29) is 11.6 Å². The Morgan fingerprint density at radius 3 is 2.52 bits per heavy atom. The number of aromatic nitrogens is 1. The fourth-order valence-electron chi connectivity index (χ4n) is 2.45. The van der Waals surface area contributed by atoms with Crippen molar-refractivity contribution in [3.8, 4) is 0 Å². The summed E-state index contributed by atoms with van der Waals surface area (Å²) in [6.07, 6.45) is 3.48. The van der Waals surface area contributed by atoms with Crippen LogP contribution >= 0.6 is 0 Å². The topological polar surface area (TPSA) is 17.0 Å². The Morgan fingerprint density at radius 2 is 1.86 bits per heavy atom. The minimum Gasteiger partial charge on any atom is -0.350 e. The predicted molar refractivity (Wildman–Crippen MR) is 81.1 cm³/mol. The third-order valence-electron chi connectivity index (χ3n) is 3.59. The Morgan fingerprint density at radius 1 is 1.14 bits per heavy atom. The van der Waals surface area contributed by atoms with Crippen LogP contribution in [0.3, 0.4) is 0 Å². The lowest BCUT2D eigenvalue weighted by atomic mass is 10.1. The first kappa shape index (κ1) is 15.7. The van der Waals surface area contributed by atoms with Crippen LogP contribution in [0.1, 0.15) is 31.5 Å². The van der Waals surface area contributed by atoms with Gasteiger partial charge in [-0.1, -0.05) is 13.0 Å². The maximum atomic E-state index is 13.6. The molecule has 0 aliphatic heterocycles.